The number of ether oxygens (including phenoxy) is 1. The van der Waals surface area contributed by atoms with E-state index in [1.807, 2.05) is 42.5 Å². The Morgan fingerprint density at radius 1 is 1.03 bits per heavy atom. The van der Waals surface area contributed by atoms with E-state index in [4.69, 9.17) is 14.9 Å². The standard InChI is InChI=1S/C22H16Br2N2O3/c1-26-16-10-8-14-17(11-5-3-4-6-12(11)22(27)28-2)13-7-9-15(25)18(23)20(13)29-21(14)19(16)24/h3-10H,25H2,1-2H3/b26-16+. The molecular weight excluding hydrogens is 500 g/mol. The Hall–Kier alpha value is -2.64. The number of esters is 1. The van der Waals surface area contributed by atoms with E-state index in [1.165, 1.54) is 7.11 Å². The minimum absolute atomic E-state index is 0.406. The predicted molar refractivity (Wildman–Crippen MR) is 121 cm³/mol. The van der Waals surface area contributed by atoms with E-state index in [0.717, 1.165) is 31.9 Å². The zero-order chi connectivity index (χ0) is 20.7. The summed E-state index contributed by atoms with van der Waals surface area (Å²) in [7, 11) is 3.09. The summed E-state index contributed by atoms with van der Waals surface area (Å²) in [5.41, 5.74) is 10.1. The Kier molecular flexibility index (Phi) is 5.19. The first kappa shape index (κ1) is 19.7. The number of carbonyl (C=O) groups is 1. The molecule has 5 nitrogen and oxygen atoms in total. The summed E-state index contributed by atoms with van der Waals surface area (Å²) < 4.78 is 12.7. The van der Waals surface area contributed by atoms with E-state index < -0.39 is 5.97 Å². The molecular formula is C22H16Br2N2O3. The lowest BCUT2D eigenvalue weighted by atomic mass is 9.90. The summed E-state index contributed by atoms with van der Waals surface area (Å²) in [5, 5.41) is 1.58. The first-order valence-electron chi connectivity index (χ1n) is 8.71. The minimum atomic E-state index is -0.406. The molecule has 2 aliphatic rings. The highest BCUT2D eigenvalue weighted by Crippen LogP contribution is 2.45. The van der Waals surface area contributed by atoms with Gasteiger partial charge in [-0.2, -0.15) is 0 Å². The topological polar surface area (TPSA) is 77.8 Å². The second-order valence-electron chi connectivity index (χ2n) is 6.36. The van der Waals surface area contributed by atoms with Gasteiger partial charge in [0, 0.05) is 29.2 Å². The van der Waals surface area contributed by atoms with Crippen molar-refractivity contribution in [1.29, 1.82) is 0 Å². The fourth-order valence-corrected chi connectivity index (χ4v) is 4.44. The van der Waals surface area contributed by atoms with E-state index in [9.17, 15) is 4.79 Å². The number of nitrogens with zero attached hydrogens (tertiary/aromatic N) is 1. The molecule has 146 valence electrons. The normalized spacial score (nSPS) is 11.9. The molecule has 0 spiro atoms. The minimum Gasteiger partial charge on any atom is -0.465 e. The van der Waals surface area contributed by atoms with Crippen LogP contribution >= 0.6 is 31.9 Å². The molecule has 0 unspecified atom stereocenters. The fourth-order valence-electron chi connectivity index (χ4n) is 3.41. The van der Waals surface area contributed by atoms with Crippen molar-refractivity contribution in [2.24, 2.45) is 4.99 Å². The van der Waals surface area contributed by atoms with Crippen molar-refractivity contribution in [3.63, 3.8) is 0 Å². The van der Waals surface area contributed by atoms with Crippen LogP contribution in [0.2, 0.25) is 0 Å². The lowest BCUT2D eigenvalue weighted by molar-refractivity contribution is 0.0601. The molecule has 2 aromatic carbocycles. The largest absolute Gasteiger partial charge is 0.465 e. The van der Waals surface area contributed by atoms with Crippen molar-refractivity contribution in [1.82, 2.24) is 0 Å². The first-order chi connectivity index (χ1) is 14.0. The summed E-state index contributed by atoms with van der Waals surface area (Å²) in [6.07, 6.45) is 0. The summed E-state index contributed by atoms with van der Waals surface area (Å²) in [4.78, 5) is 16.8. The average molecular weight is 516 g/mol. The van der Waals surface area contributed by atoms with Gasteiger partial charge in [-0.15, -0.1) is 0 Å². The number of fused-ring (bicyclic) bond motifs is 2. The number of halogens is 2. The molecule has 0 amide bonds. The van der Waals surface area contributed by atoms with Crippen LogP contribution in [0, 0.1) is 0 Å². The number of benzene rings is 3. The number of carbonyl (C=O) groups excluding carboxylic acids is 1. The molecule has 0 aromatic heterocycles. The third-order valence-electron chi connectivity index (χ3n) is 4.79. The van der Waals surface area contributed by atoms with Crippen molar-refractivity contribution in [3.05, 3.63) is 68.4 Å². The van der Waals surface area contributed by atoms with Crippen LogP contribution in [0.5, 0.6) is 0 Å². The molecule has 1 aliphatic carbocycles. The maximum atomic E-state index is 12.5. The summed E-state index contributed by atoms with van der Waals surface area (Å²) in [6, 6.07) is 14.9. The molecule has 4 rings (SSSR count). The maximum absolute atomic E-state index is 12.5. The first-order valence-corrected chi connectivity index (χ1v) is 10.3. The van der Waals surface area contributed by atoms with Crippen LogP contribution < -0.4 is 11.1 Å². The Morgan fingerprint density at radius 2 is 1.79 bits per heavy atom. The molecule has 0 fully saturated rings. The molecule has 1 aliphatic heterocycles. The van der Waals surface area contributed by atoms with Crippen LogP contribution in [0.3, 0.4) is 0 Å². The van der Waals surface area contributed by atoms with Gasteiger partial charge >= 0.3 is 5.97 Å². The van der Waals surface area contributed by atoms with E-state index in [0.29, 0.717) is 27.1 Å². The Morgan fingerprint density at radius 3 is 2.52 bits per heavy atom. The highest BCUT2D eigenvalue weighted by molar-refractivity contribution is 9.11. The van der Waals surface area contributed by atoms with Gasteiger partial charge < -0.3 is 14.9 Å². The average Bonchev–Trinajstić information content (AvgIpc) is 2.75. The molecule has 0 saturated heterocycles. The van der Waals surface area contributed by atoms with Gasteiger partial charge in [-0.3, -0.25) is 4.99 Å². The van der Waals surface area contributed by atoms with Crippen molar-refractivity contribution in [2.45, 2.75) is 0 Å². The van der Waals surface area contributed by atoms with E-state index in [-0.39, 0.29) is 0 Å². The Bertz CT molecular complexity index is 1310. The van der Waals surface area contributed by atoms with E-state index >= 15 is 0 Å². The highest BCUT2D eigenvalue weighted by atomic mass is 79.9. The van der Waals surface area contributed by atoms with Crippen molar-refractivity contribution in [2.75, 3.05) is 19.9 Å². The van der Waals surface area contributed by atoms with Crippen molar-refractivity contribution in [3.8, 4) is 22.5 Å². The third-order valence-corrected chi connectivity index (χ3v) is 6.37. The number of methoxy groups -OCH3 is 1. The number of hydrogen-bond acceptors (Lipinski definition) is 5. The van der Waals surface area contributed by atoms with Gasteiger partial charge in [0.05, 0.1) is 27.0 Å². The fraction of sp³-hybridized carbons (Fsp3) is 0.0909. The summed E-state index contributed by atoms with van der Waals surface area (Å²) >= 11 is 7.16. The second-order valence-corrected chi connectivity index (χ2v) is 7.94. The smallest absolute Gasteiger partial charge is 0.338 e. The van der Waals surface area contributed by atoms with Gasteiger partial charge in [-0.25, -0.2) is 4.79 Å². The van der Waals surface area contributed by atoms with Gasteiger partial charge in [0.15, 0.2) is 11.3 Å². The van der Waals surface area contributed by atoms with Crippen LogP contribution in [-0.4, -0.2) is 20.1 Å². The van der Waals surface area contributed by atoms with Crippen molar-refractivity contribution < 1.29 is 13.9 Å². The van der Waals surface area contributed by atoms with E-state index in [2.05, 4.69) is 36.9 Å². The summed E-state index contributed by atoms with van der Waals surface area (Å²) in [5.74, 6) is 0.206. The van der Waals surface area contributed by atoms with Gasteiger partial charge in [0.2, 0.25) is 0 Å². The molecule has 0 radical (unpaired) electrons. The number of rotatable bonds is 2. The number of nitrogen functional groups attached to an aromatic ring is 1. The lowest BCUT2D eigenvalue weighted by Gasteiger charge is -2.19. The SMILES string of the molecule is C/N=c1\ccc2c(-c3ccccc3C(=O)OC)c3ccc(N)c(Br)c3oc-2c1Br. The molecule has 29 heavy (non-hydrogen) atoms. The Balaban J connectivity index is 2.26. The number of nitrogens with two attached hydrogens (primary N) is 1. The van der Waals surface area contributed by atoms with Crippen LogP contribution in [0.15, 0.2) is 66.9 Å². The molecule has 0 saturated carbocycles. The Labute approximate surface area is 183 Å². The highest BCUT2D eigenvalue weighted by Gasteiger charge is 2.24. The second kappa shape index (κ2) is 7.65. The van der Waals surface area contributed by atoms with Crippen LogP contribution in [0.25, 0.3) is 33.4 Å². The molecule has 0 bridgehead atoms. The van der Waals surface area contributed by atoms with Gasteiger partial charge in [0.1, 0.15) is 0 Å². The maximum Gasteiger partial charge on any atom is 0.338 e. The lowest BCUT2D eigenvalue weighted by Crippen LogP contribution is -2.08. The zero-order valence-corrected chi connectivity index (χ0v) is 18.8. The third kappa shape index (κ3) is 3.14. The van der Waals surface area contributed by atoms with Gasteiger partial charge in [-0.1, -0.05) is 18.2 Å². The van der Waals surface area contributed by atoms with Crippen LogP contribution in [0.1, 0.15) is 10.4 Å². The monoisotopic (exact) mass is 514 g/mol. The van der Waals surface area contributed by atoms with Gasteiger partial charge in [0.25, 0.3) is 0 Å². The number of anilines is 1. The number of hydrogen-bond donors (Lipinski definition) is 1. The molecule has 2 N–H and O–H groups in total. The van der Waals surface area contributed by atoms with Gasteiger partial charge in [-0.05, 0) is 67.8 Å². The summed E-state index contributed by atoms with van der Waals surface area (Å²) in [6.45, 7) is 0. The quantitative estimate of drug-likeness (QED) is 0.213. The molecule has 2 aromatic rings. The van der Waals surface area contributed by atoms with Crippen LogP contribution in [0.4, 0.5) is 5.69 Å². The van der Waals surface area contributed by atoms with Crippen LogP contribution in [-0.2, 0) is 4.74 Å². The zero-order valence-electron chi connectivity index (χ0n) is 15.6. The molecule has 0 atom stereocenters. The molecule has 7 heteroatoms. The molecule has 1 heterocycles. The van der Waals surface area contributed by atoms with Crippen molar-refractivity contribution >= 4 is 54.5 Å². The predicted octanol–water partition coefficient (Wildman–Crippen LogP) is 5.63. The van der Waals surface area contributed by atoms with E-state index in [1.54, 1.807) is 13.1 Å².